The summed E-state index contributed by atoms with van der Waals surface area (Å²) in [5.74, 6) is 1.10. The van der Waals surface area contributed by atoms with E-state index < -0.39 is 0 Å². The van der Waals surface area contributed by atoms with E-state index in [2.05, 4.69) is 29.8 Å². The van der Waals surface area contributed by atoms with Crippen LogP contribution >= 0.6 is 0 Å². The summed E-state index contributed by atoms with van der Waals surface area (Å²) in [4.78, 5) is 6.97. The highest BCUT2D eigenvalue weighted by atomic mass is 16.5. The number of nitrogens with zero attached hydrogens (tertiary/aromatic N) is 2. The molecule has 0 aliphatic carbocycles. The zero-order valence-electron chi connectivity index (χ0n) is 12.1. The van der Waals surface area contributed by atoms with Crippen LogP contribution in [0.5, 0.6) is 0 Å². The molecule has 1 saturated heterocycles. The maximum Gasteiger partial charge on any atom is 0.131 e. The van der Waals surface area contributed by atoms with Gasteiger partial charge in [0.05, 0.1) is 6.61 Å². The second-order valence-electron chi connectivity index (χ2n) is 5.31. The van der Waals surface area contributed by atoms with Crippen molar-refractivity contribution in [2.45, 2.75) is 39.2 Å². The van der Waals surface area contributed by atoms with Gasteiger partial charge in [-0.15, -0.1) is 0 Å². The number of ether oxygens (including phenoxy) is 1. The number of aromatic nitrogens is 1. The van der Waals surface area contributed by atoms with Gasteiger partial charge in [0, 0.05) is 31.9 Å². The highest BCUT2D eigenvalue weighted by Gasteiger charge is 2.14. The molecular weight excluding hydrogens is 238 g/mol. The lowest BCUT2D eigenvalue weighted by atomic mass is 10.0. The minimum absolute atomic E-state index is 0.235. The van der Waals surface area contributed by atoms with Crippen molar-refractivity contribution >= 4 is 5.82 Å². The fourth-order valence-electron chi connectivity index (χ4n) is 2.47. The first-order valence-corrected chi connectivity index (χ1v) is 7.24. The molecule has 0 spiro atoms. The summed E-state index contributed by atoms with van der Waals surface area (Å²) in [5, 5.41) is 0. The zero-order chi connectivity index (χ0) is 13.7. The average Bonchev–Trinajstić information content (AvgIpc) is 2.67. The summed E-state index contributed by atoms with van der Waals surface area (Å²) < 4.78 is 5.49. The van der Waals surface area contributed by atoms with Gasteiger partial charge in [-0.1, -0.05) is 13.0 Å². The molecule has 1 fully saturated rings. The van der Waals surface area contributed by atoms with E-state index in [0.29, 0.717) is 0 Å². The number of aryl methyl sites for hydroxylation is 1. The molecule has 19 heavy (non-hydrogen) atoms. The van der Waals surface area contributed by atoms with Crippen molar-refractivity contribution in [3.05, 3.63) is 23.4 Å². The maximum atomic E-state index is 6.00. The Labute approximate surface area is 116 Å². The van der Waals surface area contributed by atoms with Crippen LogP contribution in [0.1, 0.15) is 30.9 Å². The molecule has 1 unspecified atom stereocenters. The Morgan fingerprint density at radius 3 is 3.00 bits per heavy atom. The van der Waals surface area contributed by atoms with Crippen LogP contribution in [-0.2, 0) is 11.2 Å². The molecule has 1 aromatic rings. The Kier molecular flexibility index (Phi) is 5.16. The molecule has 106 valence electrons. The third-order valence-electron chi connectivity index (χ3n) is 3.65. The topological polar surface area (TPSA) is 51.4 Å². The Balaban J connectivity index is 2.09. The Bertz CT molecular complexity index is 400. The van der Waals surface area contributed by atoms with Crippen molar-refractivity contribution in [1.82, 2.24) is 4.98 Å². The van der Waals surface area contributed by atoms with E-state index in [4.69, 9.17) is 10.5 Å². The minimum atomic E-state index is 0.235. The van der Waals surface area contributed by atoms with Crippen molar-refractivity contribution in [3.63, 3.8) is 0 Å². The molecule has 2 rings (SSSR count). The molecule has 2 heterocycles. The number of nitrogens with two attached hydrogens (primary N) is 1. The minimum Gasteiger partial charge on any atom is -0.380 e. The third-order valence-corrected chi connectivity index (χ3v) is 3.65. The summed E-state index contributed by atoms with van der Waals surface area (Å²) >= 11 is 0. The van der Waals surface area contributed by atoms with Crippen molar-refractivity contribution in [2.24, 2.45) is 5.73 Å². The SMILES string of the molecule is CCC(N)Cc1cnc(N2CCCOCC2)c(C)c1. The highest BCUT2D eigenvalue weighted by molar-refractivity contribution is 5.47. The Morgan fingerprint density at radius 2 is 2.26 bits per heavy atom. The summed E-state index contributed by atoms with van der Waals surface area (Å²) in [6.45, 7) is 7.87. The van der Waals surface area contributed by atoms with Crippen molar-refractivity contribution < 1.29 is 4.74 Å². The summed E-state index contributed by atoms with van der Waals surface area (Å²) in [6.07, 6.45) is 4.96. The number of hydrogen-bond acceptors (Lipinski definition) is 4. The zero-order valence-corrected chi connectivity index (χ0v) is 12.1. The van der Waals surface area contributed by atoms with Crippen LogP contribution < -0.4 is 10.6 Å². The van der Waals surface area contributed by atoms with E-state index >= 15 is 0 Å². The molecule has 4 heteroatoms. The van der Waals surface area contributed by atoms with Gasteiger partial charge in [0.1, 0.15) is 5.82 Å². The molecule has 2 N–H and O–H groups in total. The molecule has 1 aliphatic rings. The maximum absolute atomic E-state index is 6.00. The standard InChI is InChI=1S/C15H25N3O/c1-3-14(16)10-13-9-12(2)15(17-11-13)18-5-4-7-19-8-6-18/h9,11,14H,3-8,10,16H2,1-2H3. The number of hydrogen-bond donors (Lipinski definition) is 1. The predicted molar refractivity (Wildman–Crippen MR) is 78.6 cm³/mol. The Hall–Kier alpha value is -1.13. The van der Waals surface area contributed by atoms with E-state index in [1.165, 1.54) is 11.1 Å². The van der Waals surface area contributed by atoms with Crippen LogP contribution in [-0.4, -0.2) is 37.3 Å². The van der Waals surface area contributed by atoms with Gasteiger partial charge >= 0.3 is 0 Å². The van der Waals surface area contributed by atoms with Gasteiger partial charge in [0.15, 0.2) is 0 Å². The summed E-state index contributed by atoms with van der Waals surface area (Å²) in [7, 11) is 0. The predicted octanol–water partition coefficient (Wildman–Crippen LogP) is 1.90. The van der Waals surface area contributed by atoms with E-state index in [1.807, 2.05) is 6.20 Å². The van der Waals surface area contributed by atoms with E-state index in [-0.39, 0.29) is 6.04 Å². The van der Waals surface area contributed by atoms with Crippen LogP contribution in [0, 0.1) is 6.92 Å². The van der Waals surface area contributed by atoms with Gasteiger partial charge in [-0.3, -0.25) is 0 Å². The van der Waals surface area contributed by atoms with E-state index in [0.717, 1.165) is 51.4 Å². The van der Waals surface area contributed by atoms with Gasteiger partial charge in [-0.05, 0) is 37.3 Å². The molecule has 0 amide bonds. The third kappa shape index (κ3) is 3.91. The van der Waals surface area contributed by atoms with Gasteiger partial charge in [-0.25, -0.2) is 4.98 Å². The average molecular weight is 263 g/mol. The van der Waals surface area contributed by atoms with Crippen LogP contribution in [0.4, 0.5) is 5.82 Å². The molecule has 1 aromatic heterocycles. The quantitative estimate of drug-likeness (QED) is 0.901. The van der Waals surface area contributed by atoms with Crippen LogP contribution in [0.3, 0.4) is 0 Å². The fraction of sp³-hybridized carbons (Fsp3) is 0.667. The molecule has 0 bridgehead atoms. The first kappa shape index (κ1) is 14.3. The summed E-state index contributed by atoms with van der Waals surface area (Å²) in [5.41, 5.74) is 8.48. The van der Waals surface area contributed by atoms with Gasteiger partial charge < -0.3 is 15.4 Å². The fourth-order valence-corrected chi connectivity index (χ4v) is 2.47. The van der Waals surface area contributed by atoms with Gasteiger partial charge in [-0.2, -0.15) is 0 Å². The summed E-state index contributed by atoms with van der Waals surface area (Å²) in [6, 6.07) is 2.46. The first-order chi connectivity index (χ1) is 9.20. The smallest absolute Gasteiger partial charge is 0.131 e. The molecule has 4 nitrogen and oxygen atoms in total. The molecule has 0 saturated carbocycles. The first-order valence-electron chi connectivity index (χ1n) is 7.24. The lowest BCUT2D eigenvalue weighted by Crippen LogP contribution is -2.28. The normalized spacial score (nSPS) is 18.2. The van der Waals surface area contributed by atoms with Gasteiger partial charge in [0.2, 0.25) is 0 Å². The lowest BCUT2D eigenvalue weighted by Gasteiger charge is -2.23. The lowest BCUT2D eigenvalue weighted by molar-refractivity contribution is 0.152. The molecule has 0 radical (unpaired) electrons. The monoisotopic (exact) mass is 263 g/mol. The van der Waals surface area contributed by atoms with Crippen molar-refractivity contribution in [3.8, 4) is 0 Å². The largest absolute Gasteiger partial charge is 0.380 e. The van der Waals surface area contributed by atoms with Gasteiger partial charge in [0.25, 0.3) is 0 Å². The van der Waals surface area contributed by atoms with E-state index in [9.17, 15) is 0 Å². The molecule has 1 atom stereocenters. The molecular formula is C15H25N3O. The molecule has 1 aliphatic heterocycles. The highest BCUT2D eigenvalue weighted by Crippen LogP contribution is 2.20. The molecule has 0 aromatic carbocycles. The van der Waals surface area contributed by atoms with Crippen LogP contribution in [0.15, 0.2) is 12.3 Å². The second-order valence-corrected chi connectivity index (χ2v) is 5.31. The number of rotatable bonds is 4. The second kappa shape index (κ2) is 6.87. The van der Waals surface area contributed by atoms with Crippen molar-refractivity contribution in [2.75, 3.05) is 31.2 Å². The van der Waals surface area contributed by atoms with E-state index in [1.54, 1.807) is 0 Å². The Morgan fingerprint density at radius 1 is 1.42 bits per heavy atom. The van der Waals surface area contributed by atoms with Crippen LogP contribution in [0.2, 0.25) is 0 Å². The number of pyridine rings is 1. The number of anilines is 1. The van der Waals surface area contributed by atoms with Crippen LogP contribution in [0.25, 0.3) is 0 Å². The van der Waals surface area contributed by atoms with Crippen molar-refractivity contribution in [1.29, 1.82) is 0 Å².